The molecule has 0 aliphatic heterocycles. The Bertz CT molecular complexity index is 637. The Kier molecular flexibility index (Phi) is 10.00. The van der Waals surface area contributed by atoms with Gasteiger partial charge in [-0.05, 0) is 48.5 Å². The lowest BCUT2D eigenvalue weighted by molar-refractivity contribution is 0.424. The Morgan fingerprint density at radius 1 is 0.783 bits per heavy atom. The van der Waals surface area contributed by atoms with Gasteiger partial charge in [-0.15, -0.1) is 0 Å². The molecular weight excluding hydrogens is 426 g/mol. The zero-order valence-electron chi connectivity index (χ0n) is 12.2. The van der Waals surface area contributed by atoms with E-state index in [-0.39, 0.29) is 7.43 Å². The zero-order chi connectivity index (χ0) is 16.9. The molecule has 0 heterocycles. The molecule has 0 atom stereocenters. The van der Waals surface area contributed by atoms with Gasteiger partial charge in [-0.3, -0.25) is 0 Å². The molecule has 2 aromatic carbocycles. The smallest absolute Gasteiger partial charge is 0.423 e. The lowest BCUT2D eigenvalue weighted by atomic mass is 9.77. The second kappa shape index (κ2) is 10.3. The molecule has 124 valence electrons. The van der Waals surface area contributed by atoms with Crippen LogP contribution in [0.4, 0.5) is 0 Å². The highest BCUT2D eigenvalue weighted by Crippen LogP contribution is 2.12. The fourth-order valence-corrected chi connectivity index (χ4v) is 2.48. The van der Waals surface area contributed by atoms with Gasteiger partial charge in [-0.2, -0.15) is 0 Å². The van der Waals surface area contributed by atoms with Gasteiger partial charge < -0.3 is 20.1 Å². The lowest BCUT2D eigenvalue weighted by Crippen LogP contribution is -2.31. The van der Waals surface area contributed by atoms with Crippen LogP contribution in [0, 0.1) is 13.8 Å². The average molecular weight is 446 g/mol. The molecule has 23 heavy (non-hydrogen) atoms. The van der Waals surface area contributed by atoms with Crippen LogP contribution in [-0.4, -0.2) is 34.3 Å². The van der Waals surface area contributed by atoms with Gasteiger partial charge in [0.05, 0.1) is 0 Å². The molecule has 0 unspecified atom stereocenters. The average Bonchev–Trinajstić information content (AvgIpc) is 2.41. The van der Waals surface area contributed by atoms with Crippen molar-refractivity contribution in [1.29, 1.82) is 0 Å². The van der Waals surface area contributed by atoms with Crippen LogP contribution in [0.15, 0.2) is 45.3 Å². The third kappa shape index (κ3) is 7.20. The van der Waals surface area contributed by atoms with Crippen LogP contribution >= 0.6 is 31.9 Å². The highest BCUT2D eigenvalue weighted by atomic mass is 79.9. The van der Waals surface area contributed by atoms with Crippen molar-refractivity contribution in [1.82, 2.24) is 0 Å². The largest absolute Gasteiger partial charge is 0.488 e. The maximum atomic E-state index is 8.84. The van der Waals surface area contributed by atoms with Crippen molar-refractivity contribution in [3.05, 3.63) is 56.5 Å². The van der Waals surface area contributed by atoms with E-state index in [0.29, 0.717) is 10.9 Å². The van der Waals surface area contributed by atoms with Crippen LogP contribution in [0.1, 0.15) is 18.6 Å². The number of benzene rings is 2. The highest BCUT2D eigenvalue weighted by Gasteiger charge is 2.13. The van der Waals surface area contributed by atoms with Gasteiger partial charge in [0.2, 0.25) is 0 Å². The van der Waals surface area contributed by atoms with Gasteiger partial charge in [0.1, 0.15) is 0 Å². The van der Waals surface area contributed by atoms with Gasteiger partial charge in [0, 0.05) is 8.95 Å². The minimum absolute atomic E-state index is 0. The van der Waals surface area contributed by atoms with Crippen LogP contribution in [-0.2, 0) is 0 Å². The van der Waals surface area contributed by atoms with Crippen molar-refractivity contribution in [3.63, 3.8) is 0 Å². The molecule has 4 nitrogen and oxygen atoms in total. The van der Waals surface area contributed by atoms with Crippen LogP contribution < -0.4 is 10.9 Å². The SMILES string of the molecule is C.Cc1cc(B(O)O)ccc1Br.Cc1cc(Br)ccc1B(O)O. The van der Waals surface area contributed by atoms with Crippen molar-refractivity contribution in [2.45, 2.75) is 21.3 Å². The fraction of sp³-hybridized carbons (Fsp3) is 0.200. The number of rotatable bonds is 2. The molecule has 0 bridgehead atoms. The van der Waals surface area contributed by atoms with Crippen molar-refractivity contribution in [2.75, 3.05) is 0 Å². The van der Waals surface area contributed by atoms with E-state index in [0.717, 1.165) is 20.1 Å². The summed E-state index contributed by atoms with van der Waals surface area (Å²) in [6.45, 7) is 3.73. The monoisotopic (exact) mass is 444 g/mol. The van der Waals surface area contributed by atoms with Gasteiger partial charge in [-0.1, -0.05) is 63.0 Å². The summed E-state index contributed by atoms with van der Waals surface area (Å²) in [4.78, 5) is 0. The third-order valence-corrected chi connectivity index (χ3v) is 4.37. The first kappa shape index (κ1) is 22.4. The van der Waals surface area contributed by atoms with Crippen LogP contribution in [0.25, 0.3) is 0 Å². The molecule has 0 fully saturated rings. The van der Waals surface area contributed by atoms with E-state index in [1.165, 1.54) is 0 Å². The second-order valence-electron chi connectivity index (χ2n) is 4.76. The summed E-state index contributed by atoms with van der Waals surface area (Å²) >= 11 is 6.60. The first-order valence-electron chi connectivity index (χ1n) is 6.46. The molecule has 0 amide bonds. The number of hydrogen-bond acceptors (Lipinski definition) is 4. The normalized spacial score (nSPS) is 9.39. The molecular formula is C15H20B2Br2O4. The molecule has 0 radical (unpaired) electrons. The standard InChI is InChI=1S/2C7H8BBrO2.CH4/c1-5-4-6(9)2-3-7(5)8(10)11;1-5-4-6(8(10)11)2-3-7(5)9;/h2*2-4,10-11H,1H3;1H4. The van der Waals surface area contributed by atoms with Crippen LogP contribution in [0.2, 0.25) is 0 Å². The summed E-state index contributed by atoms with van der Waals surface area (Å²) in [5.41, 5.74) is 2.93. The Balaban J connectivity index is 0.000000403. The van der Waals surface area contributed by atoms with Crippen molar-refractivity contribution in [2.24, 2.45) is 0 Å². The predicted octanol–water partition coefficient (Wildman–Crippen LogP) is 1.51. The molecule has 2 rings (SSSR count). The van der Waals surface area contributed by atoms with E-state index in [1.54, 1.807) is 30.3 Å². The number of aryl methyl sites for hydroxylation is 2. The first-order valence-corrected chi connectivity index (χ1v) is 8.05. The predicted molar refractivity (Wildman–Crippen MR) is 104 cm³/mol. The van der Waals surface area contributed by atoms with E-state index < -0.39 is 14.2 Å². The van der Waals surface area contributed by atoms with Gasteiger partial charge in [0.25, 0.3) is 0 Å². The molecule has 0 spiro atoms. The topological polar surface area (TPSA) is 80.9 Å². The summed E-state index contributed by atoms with van der Waals surface area (Å²) < 4.78 is 1.92. The van der Waals surface area contributed by atoms with E-state index in [4.69, 9.17) is 20.1 Å². The molecule has 8 heteroatoms. The van der Waals surface area contributed by atoms with Crippen molar-refractivity contribution < 1.29 is 20.1 Å². The van der Waals surface area contributed by atoms with Crippen molar-refractivity contribution >= 4 is 57.0 Å². The third-order valence-electron chi connectivity index (χ3n) is 2.99. The number of halogens is 2. The second-order valence-corrected chi connectivity index (χ2v) is 6.53. The highest BCUT2D eigenvalue weighted by molar-refractivity contribution is 9.10. The molecule has 0 saturated carbocycles. The molecule has 0 saturated heterocycles. The van der Waals surface area contributed by atoms with E-state index in [1.807, 2.05) is 19.9 Å². The molecule has 0 aromatic heterocycles. The summed E-state index contributed by atoms with van der Waals surface area (Å²) in [6, 6.07) is 10.5. The quantitative estimate of drug-likeness (QED) is 0.528. The van der Waals surface area contributed by atoms with Gasteiger partial charge in [-0.25, -0.2) is 0 Å². The molecule has 2 aromatic rings. The summed E-state index contributed by atoms with van der Waals surface area (Å²) in [7, 11) is -2.75. The Morgan fingerprint density at radius 2 is 1.39 bits per heavy atom. The van der Waals surface area contributed by atoms with E-state index in [2.05, 4.69) is 31.9 Å². The van der Waals surface area contributed by atoms with Crippen LogP contribution in [0.3, 0.4) is 0 Å². The fourth-order valence-electron chi connectivity index (χ4n) is 1.76. The summed E-state index contributed by atoms with van der Waals surface area (Å²) in [5.74, 6) is 0. The molecule has 4 N–H and O–H groups in total. The summed E-state index contributed by atoms with van der Waals surface area (Å²) in [6.07, 6.45) is 0. The molecule has 0 aliphatic carbocycles. The lowest BCUT2D eigenvalue weighted by Gasteiger charge is -2.03. The Morgan fingerprint density at radius 3 is 1.83 bits per heavy atom. The Hall–Kier alpha value is -0.630. The van der Waals surface area contributed by atoms with Gasteiger partial charge in [0.15, 0.2) is 0 Å². The number of hydrogen-bond donors (Lipinski definition) is 4. The zero-order valence-corrected chi connectivity index (χ0v) is 15.3. The summed E-state index contributed by atoms with van der Waals surface area (Å²) in [5, 5.41) is 35.2. The minimum atomic E-state index is -1.37. The maximum Gasteiger partial charge on any atom is 0.488 e. The Labute approximate surface area is 154 Å². The molecule has 0 aliphatic rings. The minimum Gasteiger partial charge on any atom is -0.423 e. The first-order chi connectivity index (χ1) is 10.2. The van der Waals surface area contributed by atoms with E-state index >= 15 is 0 Å². The maximum absolute atomic E-state index is 8.84. The van der Waals surface area contributed by atoms with Crippen molar-refractivity contribution in [3.8, 4) is 0 Å². The van der Waals surface area contributed by atoms with E-state index in [9.17, 15) is 0 Å². The van der Waals surface area contributed by atoms with Crippen LogP contribution in [0.5, 0.6) is 0 Å². The van der Waals surface area contributed by atoms with Gasteiger partial charge >= 0.3 is 14.2 Å².